The maximum atomic E-state index is 12.0. The Labute approximate surface area is 149 Å². The van der Waals surface area contributed by atoms with Gasteiger partial charge in [-0.3, -0.25) is 9.48 Å². The van der Waals surface area contributed by atoms with Gasteiger partial charge in [-0.1, -0.05) is 32.9 Å². The Bertz CT molecular complexity index is 711. The predicted molar refractivity (Wildman–Crippen MR) is 95.2 cm³/mol. The minimum Gasteiger partial charge on any atom is -0.356 e. The third-order valence-electron chi connectivity index (χ3n) is 3.94. The van der Waals surface area contributed by atoms with E-state index < -0.39 is 0 Å². The molecule has 7 nitrogen and oxygen atoms in total. The van der Waals surface area contributed by atoms with Gasteiger partial charge in [-0.25, -0.2) is 0 Å². The second-order valence-electron chi connectivity index (χ2n) is 7.78. The van der Waals surface area contributed by atoms with Gasteiger partial charge in [-0.05, 0) is 25.8 Å². The van der Waals surface area contributed by atoms with Gasteiger partial charge in [-0.15, -0.1) is 0 Å². The largest absolute Gasteiger partial charge is 0.356 e. The highest BCUT2D eigenvalue weighted by molar-refractivity contribution is 5.75. The summed E-state index contributed by atoms with van der Waals surface area (Å²) in [6.45, 7) is 13.6. The normalized spacial score (nSPS) is 13.0. The molecule has 0 aromatic carbocycles. The van der Waals surface area contributed by atoms with E-state index in [-0.39, 0.29) is 11.3 Å². The molecular weight excluding hydrogens is 318 g/mol. The van der Waals surface area contributed by atoms with E-state index in [4.69, 9.17) is 4.52 Å². The van der Waals surface area contributed by atoms with Gasteiger partial charge in [0, 0.05) is 37.0 Å². The first-order valence-corrected chi connectivity index (χ1v) is 8.76. The van der Waals surface area contributed by atoms with E-state index in [1.165, 1.54) is 0 Å². The van der Waals surface area contributed by atoms with E-state index in [1.54, 1.807) is 0 Å². The maximum Gasteiger partial charge on any atom is 0.227 e. The van der Waals surface area contributed by atoms with Gasteiger partial charge in [0.05, 0.1) is 5.69 Å². The zero-order valence-corrected chi connectivity index (χ0v) is 16.1. The molecule has 0 fully saturated rings. The highest BCUT2D eigenvalue weighted by Gasteiger charge is 2.21. The van der Waals surface area contributed by atoms with Crippen molar-refractivity contribution in [1.29, 1.82) is 0 Å². The molecule has 0 aliphatic carbocycles. The van der Waals surface area contributed by atoms with Gasteiger partial charge in [0.25, 0.3) is 0 Å². The van der Waals surface area contributed by atoms with Crippen molar-refractivity contribution in [3.05, 3.63) is 29.2 Å². The molecule has 0 bridgehead atoms. The molecule has 25 heavy (non-hydrogen) atoms. The smallest absolute Gasteiger partial charge is 0.227 e. The minimum absolute atomic E-state index is 0.00396. The van der Waals surface area contributed by atoms with E-state index in [0.29, 0.717) is 37.0 Å². The molecule has 1 atom stereocenters. The standard InChI is InChI=1S/C18H29N5O2/c1-12(11-23-14(3)9-13(2)21-23)10-19-15(24)7-8-16-20-17(22-25-16)18(4,5)6/h9,12H,7-8,10-11H2,1-6H3,(H,19,24)/t12-/m1/s1. The summed E-state index contributed by atoms with van der Waals surface area (Å²) in [5.74, 6) is 1.48. The fourth-order valence-electron chi connectivity index (χ4n) is 2.48. The molecule has 0 radical (unpaired) electrons. The van der Waals surface area contributed by atoms with Crippen LogP contribution in [0.25, 0.3) is 0 Å². The monoisotopic (exact) mass is 347 g/mol. The molecule has 0 aliphatic rings. The quantitative estimate of drug-likeness (QED) is 0.832. The number of amides is 1. The Kier molecular flexibility index (Phi) is 5.98. The van der Waals surface area contributed by atoms with Crippen LogP contribution in [-0.2, 0) is 23.2 Å². The maximum absolute atomic E-state index is 12.0. The molecule has 0 saturated heterocycles. The van der Waals surface area contributed by atoms with Crippen molar-refractivity contribution in [2.75, 3.05) is 6.54 Å². The summed E-state index contributed by atoms with van der Waals surface area (Å²) < 4.78 is 7.19. The number of carbonyl (C=O) groups is 1. The van der Waals surface area contributed by atoms with Crippen LogP contribution in [0.15, 0.2) is 10.6 Å². The summed E-state index contributed by atoms with van der Waals surface area (Å²) in [4.78, 5) is 16.4. The summed E-state index contributed by atoms with van der Waals surface area (Å²) in [5, 5.41) is 11.4. The van der Waals surface area contributed by atoms with Gasteiger partial charge in [0.1, 0.15) is 0 Å². The van der Waals surface area contributed by atoms with Gasteiger partial charge in [0.2, 0.25) is 11.8 Å². The van der Waals surface area contributed by atoms with Crippen molar-refractivity contribution >= 4 is 5.91 Å². The van der Waals surface area contributed by atoms with Crippen molar-refractivity contribution in [3.8, 4) is 0 Å². The first-order valence-electron chi connectivity index (χ1n) is 8.76. The van der Waals surface area contributed by atoms with Crippen molar-refractivity contribution in [1.82, 2.24) is 25.2 Å². The molecule has 2 heterocycles. The zero-order valence-electron chi connectivity index (χ0n) is 16.1. The van der Waals surface area contributed by atoms with Crippen LogP contribution in [0.5, 0.6) is 0 Å². The molecule has 0 saturated carbocycles. The van der Waals surface area contributed by atoms with Crippen LogP contribution in [-0.4, -0.2) is 32.4 Å². The molecule has 1 N–H and O–H groups in total. The Morgan fingerprint density at radius 2 is 2.08 bits per heavy atom. The average molecular weight is 347 g/mol. The second-order valence-corrected chi connectivity index (χ2v) is 7.78. The molecule has 2 aromatic rings. The average Bonchev–Trinajstić information content (AvgIpc) is 3.10. The number of hydrogen-bond donors (Lipinski definition) is 1. The van der Waals surface area contributed by atoms with Crippen LogP contribution in [0.3, 0.4) is 0 Å². The van der Waals surface area contributed by atoms with Crippen LogP contribution in [0.1, 0.15) is 57.2 Å². The Hall–Kier alpha value is -2.18. The van der Waals surface area contributed by atoms with Gasteiger partial charge >= 0.3 is 0 Å². The highest BCUT2D eigenvalue weighted by atomic mass is 16.5. The summed E-state index contributed by atoms with van der Waals surface area (Å²) >= 11 is 0. The van der Waals surface area contributed by atoms with Crippen LogP contribution >= 0.6 is 0 Å². The summed E-state index contributed by atoms with van der Waals surface area (Å²) in [7, 11) is 0. The lowest BCUT2D eigenvalue weighted by Gasteiger charge is -2.13. The van der Waals surface area contributed by atoms with Crippen LogP contribution < -0.4 is 5.32 Å². The molecular formula is C18H29N5O2. The van der Waals surface area contributed by atoms with E-state index in [2.05, 4.69) is 33.5 Å². The van der Waals surface area contributed by atoms with Crippen LogP contribution in [0, 0.1) is 19.8 Å². The van der Waals surface area contributed by atoms with Crippen molar-refractivity contribution in [2.24, 2.45) is 5.92 Å². The van der Waals surface area contributed by atoms with E-state index in [1.807, 2.05) is 39.3 Å². The molecule has 1 amide bonds. The van der Waals surface area contributed by atoms with Crippen LogP contribution in [0.4, 0.5) is 0 Å². The molecule has 2 rings (SSSR count). The van der Waals surface area contributed by atoms with Crippen molar-refractivity contribution < 1.29 is 9.32 Å². The molecule has 0 spiro atoms. The fourth-order valence-corrected chi connectivity index (χ4v) is 2.48. The first-order chi connectivity index (χ1) is 11.6. The van der Waals surface area contributed by atoms with Crippen molar-refractivity contribution in [3.63, 3.8) is 0 Å². The zero-order chi connectivity index (χ0) is 18.6. The second kappa shape index (κ2) is 7.80. The number of hydrogen-bond acceptors (Lipinski definition) is 5. The Morgan fingerprint density at radius 1 is 1.36 bits per heavy atom. The van der Waals surface area contributed by atoms with E-state index in [9.17, 15) is 4.79 Å². The lowest BCUT2D eigenvalue weighted by molar-refractivity contribution is -0.121. The molecule has 2 aromatic heterocycles. The summed E-state index contributed by atoms with van der Waals surface area (Å²) in [6.07, 6.45) is 0.805. The Balaban J connectivity index is 1.73. The summed E-state index contributed by atoms with van der Waals surface area (Å²) in [6, 6.07) is 2.06. The highest BCUT2D eigenvalue weighted by Crippen LogP contribution is 2.18. The number of rotatable bonds is 7. The third-order valence-corrected chi connectivity index (χ3v) is 3.94. The van der Waals surface area contributed by atoms with Gasteiger partial charge in [-0.2, -0.15) is 10.1 Å². The minimum atomic E-state index is -0.150. The SMILES string of the molecule is Cc1cc(C)n(C[C@H](C)CNC(=O)CCc2nc(C(C)(C)C)no2)n1. The van der Waals surface area contributed by atoms with Crippen LogP contribution in [0.2, 0.25) is 0 Å². The molecule has 0 unspecified atom stereocenters. The summed E-state index contributed by atoms with van der Waals surface area (Å²) in [5.41, 5.74) is 2.01. The topological polar surface area (TPSA) is 85.8 Å². The lowest BCUT2D eigenvalue weighted by atomic mass is 9.96. The number of nitrogens with zero attached hydrogens (tertiary/aromatic N) is 4. The molecule has 138 valence electrons. The molecule has 7 heteroatoms. The number of aryl methyl sites for hydroxylation is 3. The van der Waals surface area contributed by atoms with Crippen molar-refractivity contribution in [2.45, 2.75) is 66.3 Å². The van der Waals surface area contributed by atoms with Gasteiger partial charge < -0.3 is 9.84 Å². The van der Waals surface area contributed by atoms with E-state index >= 15 is 0 Å². The Morgan fingerprint density at radius 3 is 2.64 bits per heavy atom. The third kappa shape index (κ3) is 5.69. The lowest BCUT2D eigenvalue weighted by Crippen LogP contribution is -2.30. The molecule has 0 aliphatic heterocycles. The first kappa shape index (κ1) is 19.1. The predicted octanol–water partition coefficient (Wildman–Crippen LogP) is 2.57. The number of nitrogens with one attached hydrogen (secondary N) is 1. The van der Waals surface area contributed by atoms with Gasteiger partial charge in [0.15, 0.2) is 5.82 Å². The number of aromatic nitrogens is 4. The fraction of sp³-hybridized carbons (Fsp3) is 0.667. The van der Waals surface area contributed by atoms with E-state index in [0.717, 1.165) is 17.9 Å². The number of carbonyl (C=O) groups excluding carboxylic acids is 1.